The third-order valence-corrected chi connectivity index (χ3v) is 0.996. The van der Waals surface area contributed by atoms with Crippen molar-refractivity contribution in [3.05, 3.63) is 0 Å². The van der Waals surface area contributed by atoms with Crippen LogP contribution < -0.4 is 5.32 Å². The van der Waals surface area contributed by atoms with Gasteiger partial charge in [0.15, 0.2) is 0 Å². The zero-order valence-electron chi connectivity index (χ0n) is 7.05. The minimum absolute atomic E-state index is 0.360. The van der Waals surface area contributed by atoms with Gasteiger partial charge >= 0.3 is 6.16 Å². The van der Waals surface area contributed by atoms with Crippen molar-refractivity contribution in [2.24, 2.45) is 0 Å². The summed E-state index contributed by atoms with van der Waals surface area (Å²) >= 11 is 0. The summed E-state index contributed by atoms with van der Waals surface area (Å²) in [6, 6.07) is 0. The molecule has 0 bridgehead atoms. The molecule has 4 nitrogen and oxygen atoms in total. The summed E-state index contributed by atoms with van der Waals surface area (Å²) in [6.07, 6.45) is 0.239. The third-order valence-electron chi connectivity index (χ3n) is 0.996. The van der Waals surface area contributed by atoms with Crippen LogP contribution in [0.5, 0.6) is 0 Å². The Morgan fingerprint density at radius 3 is 2.55 bits per heavy atom. The van der Waals surface area contributed by atoms with E-state index >= 15 is 0 Å². The molecule has 0 aromatic heterocycles. The molecule has 0 atom stereocenters. The van der Waals surface area contributed by atoms with Crippen LogP contribution in [0.3, 0.4) is 0 Å². The second-order valence-corrected chi connectivity index (χ2v) is 2.05. The molecule has 4 heteroatoms. The average molecular weight is 161 g/mol. The molecule has 0 aromatic rings. The predicted molar refractivity (Wildman–Crippen MR) is 41.5 cm³/mol. The molecule has 0 heterocycles. The van der Waals surface area contributed by atoms with Gasteiger partial charge < -0.3 is 14.8 Å². The fourth-order valence-electron chi connectivity index (χ4n) is 0.463. The van der Waals surface area contributed by atoms with Crippen molar-refractivity contribution in [2.75, 3.05) is 26.8 Å². The first-order valence-electron chi connectivity index (χ1n) is 3.75. The Balaban J connectivity index is 3.09. The Labute approximate surface area is 66.9 Å². The average Bonchev–Trinajstić information content (AvgIpc) is 2.01. The van der Waals surface area contributed by atoms with Crippen molar-refractivity contribution in [2.45, 2.75) is 13.3 Å². The van der Waals surface area contributed by atoms with Crippen molar-refractivity contribution in [1.29, 1.82) is 0 Å². The zero-order chi connectivity index (χ0) is 8.53. The summed E-state index contributed by atoms with van der Waals surface area (Å²) in [5, 5.41) is 2.85. The van der Waals surface area contributed by atoms with E-state index in [0.29, 0.717) is 19.8 Å². The summed E-state index contributed by atoms with van der Waals surface area (Å²) in [5.41, 5.74) is 0. The molecule has 0 aromatic carbocycles. The van der Waals surface area contributed by atoms with Gasteiger partial charge in [-0.05, 0) is 13.5 Å². The van der Waals surface area contributed by atoms with Crippen LogP contribution in [-0.4, -0.2) is 33.0 Å². The molecule has 0 rings (SSSR count). The monoisotopic (exact) mass is 161 g/mol. The second-order valence-electron chi connectivity index (χ2n) is 2.05. The van der Waals surface area contributed by atoms with Crippen molar-refractivity contribution < 1.29 is 14.3 Å². The van der Waals surface area contributed by atoms with Crippen molar-refractivity contribution in [1.82, 2.24) is 5.32 Å². The van der Waals surface area contributed by atoms with Gasteiger partial charge in [0.1, 0.15) is 6.61 Å². The molecule has 66 valence electrons. The van der Waals surface area contributed by atoms with Crippen LogP contribution in [0.1, 0.15) is 13.3 Å². The Hall–Kier alpha value is -0.770. The summed E-state index contributed by atoms with van der Waals surface area (Å²) < 4.78 is 9.31. The van der Waals surface area contributed by atoms with Gasteiger partial charge in [-0.1, -0.05) is 6.92 Å². The van der Waals surface area contributed by atoms with E-state index < -0.39 is 6.16 Å². The first-order chi connectivity index (χ1) is 5.31. The number of likely N-dealkylation sites (N-methyl/N-ethyl adjacent to an activating group) is 1. The lowest BCUT2D eigenvalue weighted by Crippen LogP contribution is -2.18. The molecule has 0 spiro atoms. The maximum absolute atomic E-state index is 10.6. The van der Waals surface area contributed by atoms with E-state index in [-0.39, 0.29) is 0 Å². The zero-order valence-corrected chi connectivity index (χ0v) is 7.05. The molecule has 0 aliphatic carbocycles. The van der Waals surface area contributed by atoms with Gasteiger partial charge in [-0.2, -0.15) is 0 Å². The molecular weight excluding hydrogens is 146 g/mol. The highest BCUT2D eigenvalue weighted by Crippen LogP contribution is 1.86. The minimum atomic E-state index is -0.581. The van der Waals surface area contributed by atoms with Crippen LogP contribution in [0, 0.1) is 0 Å². The standard InChI is InChI=1S/C7H15NO3/c1-3-5-10-7(9)11-6-4-8-2/h8H,3-6H2,1-2H3. The van der Waals surface area contributed by atoms with Gasteiger partial charge in [0, 0.05) is 6.54 Å². The Morgan fingerprint density at radius 2 is 2.00 bits per heavy atom. The first-order valence-corrected chi connectivity index (χ1v) is 3.75. The van der Waals surface area contributed by atoms with Gasteiger partial charge in [0.2, 0.25) is 0 Å². The second kappa shape index (κ2) is 7.34. The number of carbonyl (C=O) groups excluding carboxylic acids is 1. The molecule has 11 heavy (non-hydrogen) atoms. The normalized spacial score (nSPS) is 9.27. The molecule has 0 saturated carbocycles. The molecule has 0 amide bonds. The van der Waals surface area contributed by atoms with Crippen LogP contribution in [0.15, 0.2) is 0 Å². The Morgan fingerprint density at radius 1 is 1.36 bits per heavy atom. The van der Waals surface area contributed by atoms with E-state index in [2.05, 4.69) is 14.8 Å². The summed E-state index contributed by atoms with van der Waals surface area (Å²) in [6.45, 7) is 3.37. The molecule has 0 saturated heterocycles. The highest BCUT2D eigenvalue weighted by atomic mass is 16.7. The number of ether oxygens (including phenoxy) is 2. The fourth-order valence-corrected chi connectivity index (χ4v) is 0.463. The van der Waals surface area contributed by atoms with Crippen molar-refractivity contribution in [3.63, 3.8) is 0 Å². The molecular formula is C7H15NO3. The molecule has 1 N–H and O–H groups in total. The number of hydrogen-bond donors (Lipinski definition) is 1. The van der Waals surface area contributed by atoms with Crippen LogP contribution in [0.2, 0.25) is 0 Å². The lowest BCUT2D eigenvalue weighted by Gasteiger charge is -2.03. The Kier molecular flexibility index (Phi) is 6.82. The summed E-state index contributed by atoms with van der Waals surface area (Å²) in [4.78, 5) is 10.6. The summed E-state index contributed by atoms with van der Waals surface area (Å²) in [5.74, 6) is 0. The van der Waals surface area contributed by atoms with E-state index in [1.54, 1.807) is 7.05 Å². The Bertz CT molecular complexity index is 106. The maximum Gasteiger partial charge on any atom is 0.508 e. The van der Waals surface area contributed by atoms with E-state index in [1.807, 2.05) is 6.92 Å². The molecule has 0 fully saturated rings. The van der Waals surface area contributed by atoms with Gasteiger partial charge in [-0.3, -0.25) is 0 Å². The highest BCUT2D eigenvalue weighted by Gasteiger charge is 2.00. The number of nitrogens with one attached hydrogen (secondary N) is 1. The lowest BCUT2D eigenvalue weighted by molar-refractivity contribution is 0.0564. The summed E-state index contributed by atoms with van der Waals surface area (Å²) in [7, 11) is 1.79. The van der Waals surface area contributed by atoms with E-state index in [0.717, 1.165) is 6.42 Å². The van der Waals surface area contributed by atoms with Gasteiger partial charge in [0.05, 0.1) is 6.61 Å². The molecule has 0 unspecified atom stereocenters. The van der Waals surface area contributed by atoms with Crippen LogP contribution >= 0.6 is 0 Å². The molecule has 0 aliphatic rings. The van der Waals surface area contributed by atoms with Gasteiger partial charge in [-0.15, -0.1) is 0 Å². The quantitative estimate of drug-likeness (QED) is 0.478. The fraction of sp³-hybridized carbons (Fsp3) is 0.857. The van der Waals surface area contributed by atoms with Gasteiger partial charge in [0.25, 0.3) is 0 Å². The van der Waals surface area contributed by atoms with Crippen LogP contribution in [0.4, 0.5) is 4.79 Å². The van der Waals surface area contributed by atoms with Crippen molar-refractivity contribution in [3.8, 4) is 0 Å². The van der Waals surface area contributed by atoms with E-state index in [4.69, 9.17) is 0 Å². The lowest BCUT2D eigenvalue weighted by atomic mass is 10.5. The maximum atomic E-state index is 10.6. The van der Waals surface area contributed by atoms with Crippen LogP contribution in [-0.2, 0) is 9.47 Å². The third kappa shape index (κ3) is 7.12. The van der Waals surface area contributed by atoms with Crippen molar-refractivity contribution >= 4 is 6.16 Å². The number of carbonyl (C=O) groups is 1. The highest BCUT2D eigenvalue weighted by molar-refractivity contribution is 5.59. The van der Waals surface area contributed by atoms with Crippen LogP contribution in [0.25, 0.3) is 0 Å². The predicted octanol–water partition coefficient (Wildman–Crippen LogP) is 0.769. The largest absolute Gasteiger partial charge is 0.508 e. The molecule has 0 radical (unpaired) electrons. The first kappa shape index (κ1) is 10.2. The number of hydrogen-bond acceptors (Lipinski definition) is 4. The smallest absolute Gasteiger partial charge is 0.434 e. The minimum Gasteiger partial charge on any atom is -0.434 e. The molecule has 0 aliphatic heterocycles. The van der Waals surface area contributed by atoms with Gasteiger partial charge in [-0.25, -0.2) is 4.79 Å². The van der Waals surface area contributed by atoms with E-state index in [1.165, 1.54) is 0 Å². The van der Waals surface area contributed by atoms with E-state index in [9.17, 15) is 4.79 Å². The SMILES string of the molecule is CCCOC(=O)OCCNC. The topological polar surface area (TPSA) is 47.6 Å². The number of rotatable bonds is 5.